The van der Waals surface area contributed by atoms with Gasteiger partial charge in [-0.25, -0.2) is 4.79 Å². The third-order valence-electron chi connectivity index (χ3n) is 4.94. The maximum absolute atomic E-state index is 13.2. The van der Waals surface area contributed by atoms with Crippen LogP contribution in [0.25, 0.3) is 0 Å². The zero-order chi connectivity index (χ0) is 18.0. The van der Waals surface area contributed by atoms with Gasteiger partial charge in [0, 0.05) is 24.0 Å². The fourth-order valence-electron chi connectivity index (χ4n) is 4.03. The normalized spacial score (nSPS) is 27.6. The summed E-state index contributed by atoms with van der Waals surface area (Å²) in [5, 5.41) is 0. The number of fused-ring (bicyclic) bond motifs is 4. The van der Waals surface area contributed by atoms with Crippen molar-refractivity contribution < 1.29 is 23.9 Å². The lowest BCUT2D eigenvalue weighted by Gasteiger charge is -2.30. The highest BCUT2D eigenvalue weighted by Gasteiger charge is 2.68. The molecule has 130 valence electrons. The molecule has 1 aromatic carbocycles. The molecule has 0 aromatic heterocycles. The smallest absolute Gasteiger partial charge is 0.360 e. The summed E-state index contributed by atoms with van der Waals surface area (Å²) < 4.78 is 11.5. The Hall–Kier alpha value is -2.43. The number of esters is 1. The zero-order valence-electron chi connectivity index (χ0n) is 14.5. The summed E-state index contributed by atoms with van der Waals surface area (Å²) in [6, 6.07) is 7.03. The van der Waals surface area contributed by atoms with Crippen LogP contribution in [0, 0.1) is 0 Å². The first-order valence-electron chi connectivity index (χ1n) is 8.58. The lowest BCUT2D eigenvalue weighted by Crippen LogP contribution is -2.50. The molecule has 1 aromatic rings. The SMILES string of the molecule is CC(C)(C)OC(=O)[C@@]12OC3=C(C(=O)CCC3)[C@@H]1c1ccccc1C2=O. The Labute approximate surface area is 146 Å². The van der Waals surface area contributed by atoms with E-state index in [2.05, 4.69) is 0 Å². The summed E-state index contributed by atoms with van der Waals surface area (Å²) in [7, 11) is 0. The molecule has 0 spiro atoms. The molecule has 5 nitrogen and oxygen atoms in total. The van der Waals surface area contributed by atoms with Gasteiger partial charge in [0.15, 0.2) is 5.78 Å². The quantitative estimate of drug-likeness (QED) is 0.580. The van der Waals surface area contributed by atoms with Crippen LogP contribution in [-0.2, 0) is 19.1 Å². The Morgan fingerprint density at radius 3 is 2.64 bits per heavy atom. The van der Waals surface area contributed by atoms with Crippen LogP contribution in [0.4, 0.5) is 0 Å². The Kier molecular flexibility index (Phi) is 3.24. The Morgan fingerprint density at radius 1 is 1.20 bits per heavy atom. The maximum Gasteiger partial charge on any atom is 0.360 e. The second kappa shape index (κ2) is 5.04. The number of carbonyl (C=O) groups excluding carboxylic acids is 3. The molecule has 25 heavy (non-hydrogen) atoms. The minimum atomic E-state index is -1.79. The number of hydrogen-bond acceptors (Lipinski definition) is 5. The number of ketones is 2. The predicted octanol–water partition coefficient (Wildman–Crippen LogP) is 3.08. The lowest BCUT2D eigenvalue weighted by molar-refractivity contribution is -0.172. The number of benzene rings is 1. The van der Waals surface area contributed by atoms with E-state index in [0.29, 0.717) is 41.7 Å². The Morgan fingerprint density at radius 2 is 1.92 bits per heavy atom. The minimum absolute atomic E-state index is 0.0406. The van der Waals surface area contributed by atoms with Crippen molar-refractivity contribution >= 4 is 17.5 Å². The summed E-state index contributed by atoms with van der Waals surface area (Å²) in [4.78, 5) is 38.9. The van der Waals surface area contributed by atoms with Crippen molar-refractivity contribution in [3.8, 4) is 0 Å². The van der Waals surface area contributed by atoms with Gasteiger partial charge in [-0.05, 0) is 32.8 Å². The molecular formula is C20H20O5. The number of hydrogen-bond donors (Lipinski definition) is 0. The summed E-state index contributed by atoms with van der Waals surface area (Å²) in [5.41, 5.74) is -0.957. The van der Waals surface area contributed by atoms with E-state index >= 15 is 0 Å². The highest BCUT2D eigenvalue weighted by Crippen LogP contribution is 2.56. The molecule has 0 unspecified atom stereocenters. The first-order chi connectivity index (χ1) is 11.8. The number of ether oxygens (including phenoxy) is 2. The van der Waals surface area contributed by atoms with Gasteiger partial charge >= 0.3 is 5.97 Å². The van der Waals surface area contributed by atoms with E-state index < -0.39 is 28.9 Å². The molecule has 2 atom stereocenters. The van der Waals surface area contributed by atoms with E-state index in [9.17, 15) is 14.4 Å². The minimum Gasteiger partial charge on any atom is -0.470 e. The number of rotatable bonds is 1. The van der Waals surface area contributed by atoms with Crippen molar-refractivity contribution in [1.29, 1.82) is 0 Å². The Balaban J connectivity index is 1.90. The number of Topliss-reactive ketones (excluding diaryl/α,β-unsaturated/α-hetero) is 2. The maximum atomic E-state index is 13.2. The molecule has 0 saturated carbocycles. The van der Waals surface area contributed by atoms with Crippen LogP contribution in [0.5, 0.6) is 0 Å². The van der Waals surface area contributed by atoms with Crippen LogP contribution >= 0.6 is 0 Å². The molecule has 2 aliphatic carbocycles. The second-order valence-electron chi connectivity index (χ2n) is 7.80. The predicted molar refractivity (Wildman–Crippen MR) is 89.1 cm³/mol. The standard InChI is InChI=1S/C20H20O5/c1-19(2,3)25-18(23)20-16(11-7-4-5-8-12(11)17(20)22)15-13(21)9-6-10-14(15)24-20/h4-5,7-8,16H,6,9-10H2,1-3H3/t16-,20+/m0/s1. The molecule has 3 aliphatic rings. The van der Waals surface area contributed by atoms with E-state index in [1.807, 2.05) is 6.07 Å². The van der Waals surface area contributed by atoms with Crippen molar-refractivity contribution in [3.05, 3.63) is 46.7 Å². The molecule has 0 N–H and O–H groups in total. The van der Waals surface area contributed by atoms with Gasteiger partial charge < -0.3 is 9.47 Å². The molecule has 0 fully saturated rings. The van der Waals surface area contributed by atoms with Gasteiger partial charge in [-0.15, -0.1) is 0 Å². The van der Waals surface area contributed by atoms with Crippen LogP contribution < -0.4 is 0 Å². The molecule has 1 heterocycles. The summed E-state index contributed by atoms with van der Waals surface area (Å²) in [6.45, 7) is 5.24. The third kappa shape index (κ3) is 2.11. The summed E-state index contributed by atoms with van der Waals surface area (Å²) >= 11 is 0. The largest absolute Gasteiger partial charge is 0.470 e. The van der Waals surface area contributed by atoms with Crippen molar-refractivity contribution in [2.24, 2.45) is 0 Å². The molecule has 0 saturated heterocycles. The zero-order valence-corrected chi connectivity index (χ0v) is 14.5. The fourth-order valence-corrected chi connectivity index (χ4v) is 4.03. The van der Waals surface area contributed by atoms with Crippen LogP contribution in [0.2, 0.25) is 0 Å². The van der Waals surface area contributed by atoms with Crippen LogP contribution in [0.3, 0.4) is 0 Å². The van der Waals surface area contributed by atoms with Crippen molar-refractivity contribution in [3.63, 3.8) is 0 Å². The van der Waals surface area contributed by atoms with Gasteiger partial charge in [-0.1, -0.05) is 24.3 Å². The first kappa shape index (κ1) is 16.1. The molecule has 0 bridgehead atoms. The van der Waals surface area contributed by atoms with Gasteiger partial charge in [0.2, 0.25) is 5.78 Å². The monoisotopic (exact) mass is 340 g/mol. The van der Waals surface area contributed by atoms with Crippen molar-refractivity contribution in [2.45, 2.75) is 57.2 Å². The van der Waals surface area contributed by atoms with E-state index in [1.54, 1.807) is 39.0 Å². The van der Waals surface area contributed by atoms with E-state index in [-0.39, 0.29) is 5.78 Å². The Bertz CT molecular complexity index is 842. The highest BCUT2D eigenvalue weighted by molar-refractivity contribution is 6.23. The molecule has 5 heteroatoms. The summed E-state index contributed by atoms with van der Waals surface area (Å²) in [6.07, 6.45) is 1.65. The molecule has 4 rings (SSSR count). The van der Waals surface area contributed by atoms with Crippen LogP contribution in [0.1, 0.15) is 61.9 Å². The molecule has 1 aliphatic heterocycles. The van der Waals surface area contributed by atoms with Crippen LogP contribution in [0.15, 0.2) is 35.6 Å². The molecular weight excluding hydrogens is 320 g/mol. The third-order valence-corrected chi connectivity index (χ3v) is 4.94. The summed E-state index contributed by atoms with van der Waals surface area (Å²) in [5.74, 6) is -1.39. The topological polar surface area (TPSA) is 69.7 Å². The number of carbonyl (C=O) groups is 3. The first-order valence-corrected chi connectivity index (χ1v) is 8.58. The van der Waals surface area contributed by atoms with Gasteiger partial charge in [0.1, 0.15) is 11.4 Å². The van der Waals surface area contributed by atoms with Gasteiger partial charge in [0.05, 0.1) is 5.92 Å². The highest BCUT2D eigenvalue weighted by atomic mass is 16.6. The average Bonchev–Trinajstić information content (AvgIpc) is 3.00. The van der Waals surface area contributed by atoms with E-state index in [4.69, 9.17) is 9.47 Å². The second-order valence-corrected chi connectivity index (χ2v) is 7.80. The van der Waals surface area contributed by atoms with Crippen molar-refractivity contribution in [1.82, 2.24) is 0 Å². The van der Waals surface area contributed by atoms with Crippen molar-refractivity contribution in [2.75, 3.05) is 0 Å². The molecule has 0 radical (unpaired) electrons. The average molecular weight is 340 g/mol. The van der Waals surface area contributed by atoms with Gasteiger partial charge in [-0.3, -0.25) is 9.59 Å². The van der Waals surface area contributed by atoms with Gasteiger partial charge in [0.25, 0.3) is 5.60 Å². The number of allylic oxidation sites excluding steroid dienone is 1. The lowest BCUT2D eigenvalue weighted by atomic mass is 9.79. The van der Waals surface area contributed by atoms with E-state index in [0.717, 1.165) is 0 Å². The molecule has 0 amide bonds. The fraction of sp³-hybridized carbons (Fsp3) is 0.450. The van der Waals surface area contributed by atoms with Crippen LogP contribution in [-0.4, -0.2) is 28.7 Å². The van der Waals surface area contributed by atoms with Gasteiger partial charge in [-0.2, -0.15) is 0 Å². The van der Waals surface area contributed by atoms with E-state index in [1.165, 1.54) is 0 Å².